The molecule has 4 amide bonds. The maximum atomic E-state index is 14.6. The summed E-state index contributed by atoms with van der Waals surface area (Å²) >= 11 is 0. The number of rotatable bonds is 8. The number of methoxy groups -OCH3 is 1. The Morgan fingerprint density at radius 3 is 2.37 bits per heavy atom. The molecule has 2 saturated carbocycles. The van der Waals surface area contributed by atoms with Gasteiger partial charge in [-0.1, -0.05) is 62.4 Å². The lowest BCUT2D eigenvalue weighted by Gasteiger charge is -2.30. The first-order valence-corrected chi connectivity index (χ1v) is 21.6. The summed E-state index contributed by atoms with van der Waals surface area (Å²) in [4.78, 5) is 62.4. The van der Waals surface area contributed by atoms with Crippen LogP contribution < -0.4 is 24.8 Å². The highest BCUT2D eigenvalue weighted by atomic mass is 32.2. The van der Waals surface area contributed by atoms with Crippen LogP contribution in [-0.4, -0.2) is 90.3 Å². The lowest BCUT2D eigenvalue weighted by atomic mass is 10.0. The second-order valence-corrected chi connectivity index (χ2v) is 18.8. The summed E-state index contributed by atoms with van der Waals surface area (Å²) in [7, 11) is -2.30. The number of ether oxygens (including phenoxy) is 3. The van der Waals surface area contributed by atoms with Crippen molar-refractivity contribution in [2.24, 2.45) is 5.92 Å². The van der Waals surface area contributed by atoms with Gasteiger partial charge < -0.3 is 29.7 Å². The normalized spacial score (nSPS) is 25.9. The van der Waals surface area contributed by atoms with E-state index in [1.54, 1.807) is 27.9 Å². The number of aromatic nitrogens is 1. The van der Waals surface area contributed by atoms with Gasteiger partial charge in [0, 0.05) is 29.5 Å². The fourth-order valence-corrected chi connectivity index (χ4v) is 9.40. The number of nitrogens with one attached hydrogen (secondary N) is 3. The van der Waals surface area contributed by atoms with Crippen LogP contribution in [0.3, 0.4) is 0 Å². The maximum absolute atomic E-state index is 14.6. The van der Waals surface area contributed by atoms with Gasteiger partial charge in [0.1, 0.15) is 40.8 Å². The third-order valence-electron chi connectivity index (χ3n) is 11.3. The van der Waals surface area contributed by atoms with Crippen LogP contribution in [0.1, 0.15) is 91.4 Å². The smallest absolute Gasteiger partial charge is 0.408 e. The van der Waals surface area contributed by atoms with Gasteiger partial charge in [-0.2, -0.15) is 0 Å². The second kappa shape index (κ2) is 16.1. The number of carbonyl (C=O) groups excluding carboxylic acids is 4. The molecule has 57 heavy (non-hydrogen) atoms. The Kier molecular flexibility index (Phi) is 11.4. The second-order valence-electron chi connectivity index (χ2n) is 16.8. The monoisotopic (exact) mass is 803 g/mol. The minimum atomic E-state index is -3.88. The minimum absolute atomic E-state index is 0.00272. The third-order valence-corrected chi connectivity index (χ3v) is 13.1. The highest BCUT2D eigenvalue weighted by Gasteiger charge is 2.62. The summed E-state index contributed by atoms with van der Waals surface area (Å²) in [5.41, 5.74) is -0.0820. The molecule has 14 nitrogen and oxygen atoms in total. The molecule has 0 unspecified atom stereocenters. The van der Waals surface area contributed by atoms with Crippen molar-refractivity contribution in [3.8, 4) is 22.8 Å². The van der Waals surface area contributed by atoms with E-state index in [0.29, 0.717) is 66.6 Å². The molecule has 5 atom stereocenters. The van der Waals surface area contributed by atoms with Gasteiger partial charge in [-0.05, 0) is 70.9 Å². The molecule has 0 spiro atoms. The molecule has 2 saturated heterocycles. The third kappa shape index (κ3) is 9.29. The van der Waals surface area contributed by atoms with Crippen LogP contribution in [-0.2, 0) is 29.1 Å². The van der Waals surface area contributed by atoms with Crippen molar-refractivity contribution >= 4 is 44.7 Å². The van der Waals surface area contributed by atoms with E-state index in [0.717, 1.165) is 31.2 Å². The molecule has 1 aromatic heterocycles. The molecule has 15 heteroatoms. The number of carbonyl (C=O) groups is 4. The van der Waals surface area contributed by atoms with Crippen molar-refractivity contribution in [2.45, 2.75) is 126 Å². The van der Waals surface area contributed by atoms with E-state index in [2.05, 4.69) is 15.4 Å². The Bertz CT molecular complexity index is 2120. The predicted octanol–water partition coefficient (Wildman–Crippen LogP) is 5.38. The molecular weight excluding hydrogens is 751 g/mol. The van der Waals surface area contributed by atoms with E-state index in [4.69, 9.17) is 19.2 Å². The van der Waals surface area contributed by atoms with Gasteiger partial charge in [0.2, 0.25) is 21.8 Å². The molecule has 4 aliphatic rings. The summed E-state index contributed by atoms with van der Waals surface area (Å²) in [6.45, 7) is 5.22. The first-order valence-electron chi connectivity index (χ1n) is 20.0. The summed E-state index contributed by atoms with van der Waals surface area (Å²) < 4.78 is 45.9. The Labute approximate surface area is 333 Å². The van der Waals surface area contributed by atoms with Crippen molar-refractivity contribution in [1.29, 1.82) is 0 Å². The molecule has 2 aliphatic carbocycles. The van der Waals surface area contributed by atoms with E-state index in [-0.39, 0.29) is 18.9 Å². The van der Waals surface area contributed by atoms with E-state index >= 15 is 0 Å². The quantitative estimate of drug-likeness (QED) is 0.268. The van der Waals surface area contributed by atoms with E-state index < -0.39 is 68.4 Å². The largest absolute Gasteiger partial charge is 0.497 e. The summed E-state index contributed by atoms with van der Waals surface area (Å²) in [6.07, 6.45) is 4.89. The van der Waals surface area contributed by atoms with Crippen LogP contribution in [0, 0.1) is 5.92 Å². The van der Waals surface area contributed by atoms with Gasteiger partial charge in [-0.15, -0.1) is 0 Å². The highest BCUT2D eigenvalue weighted by Crippen LogP contribution is 2.48. The van der Waals surface area contributed by atoms with Crippen LogP contribution >= 0.6 is 0 Å². The van der Waals surface area contributed by atoms with Gasteiger partial charge in [0.25, 0.3) is 5.91 Å². The zero-order valence-corrected chi connectivity index (χ0v) is 33.9. The van der Waals surface area contributed by atoms with E-state index in [1.165, 1.54) is 4.90 Å². The standard InChI is InChI=1S/C42H53N5O9S/c1-41(2,3)56-40(51)44-32-16-12-7-5-6-11-15-27-24-42(27,39(50)46-57(52,53)30-18-19-30)45-37(48)35-22-29(25-47(35)38(32)49)55-36-23-33(26-13-9-8-10-14-26)43-34-21-28(54-4)17-20-31(34)36/h8-10,13-14,17,20-21,23,27,29-30,32,35H,5-7,11-12,15-16,18-19,22,24-25H2,1-4H3,(H,44,51)(H,45,48)(H,46,50)/t27-,29-,32+,35+,42-/m1/s1. The molecule has 3 N–H and O–H groups in total. The van der Waals surface area contributed by atoms with Gasteiger partial charge in [-0.25, -0.2) is 18.2 Å². The zero-order chi connectivity index (χ0) is 40.5. The fourth-order valence-electron chi connectivity index (χ4n) is 8.04. The summed E-state index contributed by atoms with van der Waals surface area (Å²) in [5, 5.41) is 5.82. The van der Waals surface area contributed by atoms with Crippen molar-refractivity contribution in [3.63, 3.8) is 0 Å². The molecule has 2 aliphatic heterocycles. The highest BCUT2D eigenvalue weighted by molar-refractivity contribution is 7.91. The number of alkyl carbamates (subject to hydrolysis) is 1. The summed E-state index contributed by atoms with van der Waals surface area (Å²) in [6, 6.07) is 14.9. The van der Waals surface area contributed by atoms with Crippen molar-refractivity contribution < 1.29 is 41.8 Å². The average Bonchev–Trinajstić information content (AvgIpc) is 4.09. The number of amides is 4. The molecule has 306 valence electrons. The fraction of sp³-hybridized carbons (Fsp3) is 0.548. The minimum Gasteiger partial charge on any atom is -0.497 e. The number of pyridine rings is 1. The number of hydrogen-bond acceptors (Lipinski definition) is 10. The average molecular weight is 804 g/mol. The van der Waals surface area contributed by atoms with Crippen molar-refractivity contribution in [1.82, 2.24) is 25.2 Å². The molecule has 3 heterocycles. The van der Waals surface area contributed by atoms with Gasteiger partial charge in [0.05, 0.1) is 30.1 Å². The lowest BCUT2D eigenvalue weighted by molar-refractivity contribution is -0.141. The van der Waals surface area contributed by atoms with E-state index in [9.17, 15) is 27.6 Å². The molecule has 3 aromatic rings. The van der Waals surface area contributed by atoms with Gasteiger partial charge in [0.15, 0.2) is 0 Å². The van der Waals surface area contributed by atoms with Gasteiger partial charge in [-0.3, -0.25) is 19.1 Å². The molecular formula is C42H53N5O9S. The predicted molar refractivity (Wildman–Crippen MR) is 213 cm³/mol. The van der Waals surface area contributed by atoms with E-state index in [1.807, 2.05) is 54.6 Å². The first-order chi connectivity index (χ1) is 27.2. The van der Waals surface area contributed by atoms with Crippen LogP contribution in [0.25, 0.3) is 22.2 Å². The number of sulfonamides is 1. The maximum Gasteiger partial charge on any atom is 0.408 e. The Hall–Kier alpha value is -4.92. The zero-order valence-electron chi connectivity index (χ0n) is 33.0. The Morgan fingerprint density at radius 2 is 1.67 bits per heavy atom. The van der Waals surface area contributed by atoms with Crippen molar-refractivity contribution in [3.05, 3.63) is 54.6 Å². The number of nitrogens with zero attached hydrogens (tertiary/aromatic N) is 2. The van der Waals surface area contributed by atoms with Crippen LogP contribution in [0.4, 0.5) is 4.79 Å². The SMILES string of the molecule is COc1ccc2c(O[C@@H]3C[C@H]4C(=O)N[C@]5(C(=O)NS(=O)(=O)C6CC6)C[C@H]5CCCCCCC[C@H](NC(=O)OC(C)(C)C)C(=O)N4C3)cc(-c3ccccc3)nc2c1. The van der Waals surface area contributed by atoms with Crippen LogP contribution in [0.2, 0.25) is 0 Å². The number of fused-ring (bicyclic) bond motifs is 3. The molecule has 4 fully saturated rings. The molecule has 7 rings (SSSR count). The molecule has 0 bridgehead atoms. The van der Waals surface area contributed by atoms with Crippen LogP contribution in [0.5, 0.6) is 11.5 Å². The van der Waals surface area contributed by atoms with Gasteiger partial charge >= 0.3 is 6.09 Å². The topological polar surface area (TPSA) is 182 Å². The lowest BCUT2D eigenvalue weighted by Crippen LogP contribution is -2.58. The Balaban J connectivity index is 1.22. The number of benzene rings is 2. The molecule has 2 aromatic carbocycles. The van der Waals surface area contributed by atoms with Crippen molar-refractivity contribution in [2.75, 3.05) is 13.7 Å². The molecule has 0 radical (unpaired) electrons. The summed E-state index contributed by atoms with van der Waals surface area (Å²) in [5.74, 6) is -0.942. The van der Waals surface area contributed by atoms with Crippen LogP contribution in [0.15, 0.2) is 54.6 Å². The first kappa shape index (κ1) is 40.3. The Morgan fingerprint density at radius 1 is 0.947 bits per heavy atom. The number of hydrogen-bond donors (Lipinski definition) is 3.